The second kappa shape index (κ2) is 9.19. The lowest BCUT2D eigenvalue weighted by atomic mass is 10.1. The van der Waals surface area contributed by atoms with Gasteiger partial charge in [-0.05, 0) is 42.8 Å². The van der Waals surface area contributed by atoms with E-state index in [0.29, 0.717) is 45.4 Å². The lowest BCUT2D eigenvalue weighted by Crippen LogP contribution is -2.42. The molecule has 33 heavy (non-hydrogen) atoms. The third-order valence-corrected chi connectivity index (χ3v) is 5.24. The number of fused-ring (bicyclic) bond motifs is 1. The topological polar surface area (TPSA) is 63.4 Å². The number of carbonyl (C=O) groups is 1. The number of pyridine rings is 1. The fourth-order valence-corrected chi connectivity index (χ4v) is 3.68. The molecule has 4 aromatic rings. The van der Waals surface area contributed by atoms with Gasteiger partial charge in [-0.3, -0.25) is 9.69 Å². The SMILES string of the molecule is CCCCN(C(=O)C(F)(F)F)c1cc(-c2c(-c3cccc(Cl)c3)nc3cccnn23)ccn1. The summed E-state index contributed by atoms with van der Waals surface area (Å²) in [5, 5.41) is 4.88. The van der Waals surface area contributed by atoms with Crippen LogP contribution >= 0.6 is 11.6 Å². The summed E-state index contributed by atoms with van der Waals surface area (Å²) in [4.78, 5) is 21.5. The molecule has 3 aromatic heterocycles. The first-order valence-electron chi connectivity index (χ1n) is 10.2. The molecule has 0 aliphatic carbocycles. The fraction of sp³-hybridized carbons (Fsp3) is 0.217. The molecule has 0 bridgehead atoms. The molecule has 0 fully saturated rings. The smallest absolute Gasteiger partial charge is 0.289 e. The minimum atomic E-state index is -5.01. The van der Waals surface area contributed by atoms with E-state index in [9.17, 15) is 18.0 Å². The lowest BCUT2D eigenvalue weighted by Gasteiger charge is -2.23. The van der Waals surface area contributed by atoms with E-state index in [2.05, 4.69) is 15.1 Å². The molecule has 1 amide bonds. The van der Waals surface area contributed by atoms with Gasteiger partial charge in [0.05, 0.1) is 5.69 Å². The van der Waals surface area contributed by atoms with Crippen LogP contribution in [0.15, 0.2) is 60.9 Å². The quantitative estimate of drug-likeness (QED) is 0.354. The number of alkyl halides is 3. The van der Waals surface area contributed by atoms with Crippen LogP contribution in [0, 0.1) is 0 Å². The number of rotatable bonds is 6. The van der Waals surface area contributed by atoms with Crippen LogP contribution in [0.3, 0.4) is 0 Å². The average Bonchev–Trinajstić information content (AvgIpc) is 3.18. The first-order chi connectivity index (χ1) is 15.8. The van der Waals surface area contributed by atoms with Gasteiger partial charge >= 0.3 is 12.1 Å². The first kappa shape index (κ1) is 22.7. The van der Waals surface area contributed by atoms with Gasteiger partial charge in [0.1, 0.15) is 11.5 Å². The molecule has 0 saturated carbocycles. The molecule has 10 heteroatoms. The van der Waals surface area contributed by atoms with Crippen LogP contribution in [0.2, 0.25) is 5.02 Å². The maximum atomic E-state index is 13.3. The zero-order chi connectivity index (χ0) is 23.6. The van der Waals surface area contributed by atoms with Crippen molar-refractivity contribution in [3.63, 3.8) is 0 Å². The van der Waals surface area contributed by atoms with Crippen LogP contribution in [0.4, 0.5) is 19.0 Å². The molecule has 0 spiro atoms. The maximum absolute atomic E-state index is 13.3. The highest BCUT2D eigenvalue weighted by atomic mass is 35.5. The predicted molar refractivity (Wildman–Crippen MR) is 120 cm³/mol. The Morgan fingerprint density at radius 1 is 1.09 bits per heavy atom. The van der Waals surface area contributed by atoms with E-state index < -0.39 is 12.1 Å². The van der Waals surface area contributed by atoms with Crippen LogP contribution < -0.4 is 4.90 Å². The van der Waals surface area contributed by atoms with E-state index in [4.69, 9.17) is 11.6 Å². The molecular formula is C23H19ClF3N5O. The number of halogens is 4. The summed E-state index contributed by atoms with van der Waals surface area (Å²) in [5.41, 5.74) is 2.88. The van der Waals surface area contributed by atoms with E-state index in [1.165, 1.54) is 12.3 Å². The number of unbranched alkanes of at least 4 members (excludes halogenated alkanes) is 1. The highest BCUT2D eigenvalue weighted by Gasteiger charge is 2.43. The van der Waals surface area contributed by atoms with Crippen molar-refractivity contribution in [1.29, 1.82) is 0 Å². The van der Waals surface area contributed by atoms with Crippen LogP contribution in [0.5, 0.6) is 0 Å². The molecule has 3 heterocycles. The lowest BCUT2D eigenvalue weighted by molar-refractivity contribution is -0.170. The molecule has 0 radical (unpaired) electrons. The van der Waals surface area contributed by atoms with Crippen LogP contribution in [0.1, 0.15) is 19.8 Å². The number of carbonyl (C=O) groups excluding carboxylic acids is 1. The zero-order valence-electron chi connectivity index (χ0n) is 17.6. The summed E-state index contributed by atoms with van der Waals surface area (Å²) in [7, 11) is 0. The van der Waals surface area contributed by atoms with E-state index in [1.54, 1.807) is 47.1 Å². The normalized spacial score (nSPS) is 11.7. The summed E-state index contributed by atoms with van der Waals surface area (Å²) in [6.07, 6.45) is -1.03. The van der Waals surface area contributed by atoms with Gasteiger partial charge in [-0.25, -0.2) is 14.5 Å². The summed E-state index contributed by atoms with van der Waals surface area (Å²) < 4.78 is 41.4. The summed E-state index contributed by atoms with van der Waals surface area (Å²) in [6, 6.07) is 13.7. The zero-order valence-corrected chi connectivity index (χ0v) is 18.3. The molecule has 6 nitrogen and oxygen atoms in total. The second-order valence-electron chi connectivity index (χ2n) is 7.32. The van der Waals surface area contributed by atoms with Gasteiger partial charge in [-0.1, -0.05) is 37.1 Å². The van der Waals surface area contributed by atoms with Crippen molar-refractivity contribution in [2.75, 3.05) is 11.4 Å². The fourth-order valence-electron chi connectivity index (χ4n) is 3.49. The van der Waals surface area contributed by atoms with Gasteiger partial charge in [0, 0.05) is 35.1 Å². The summed E-state index contributed by atoms with van der Waals surface area (Å²) in [5.74, 6) is -2.04. The molecule has 170 valence electrons. The number of aromatic nitrogens is 4. The third kappa shape index (κ3) is 4.68. The van der Waals surface area contributed by atoms with Gasteiger partial charge in [-0.2, -0.15) is 18.3 Å². The summed E-state index contributed by atoms with van der Waals surface area (Å²) >= 11 is 6.17. The highest BCUT2D eigenvalue weighted by molar-refractivity contribution is 6.30. The number of anilines is 1. The Kier molecular flexibility index (Phi) is 6.33. The van der Waals surface area contributed by atoms with E-state index in [-0.39, 0.29) is 12.4 Å². The summed E-state index contributed by atoms with van der Waals surface area (Å²) in [6.45, 7) is 1.74. The van der Waals surface area contributed by atoms with Gasteiger partial charge < -0.3 is 0 Å². The Morgan fingerprint density at radius 3 is 2.64 bits per heavy atom. The van der Waals surface area contributed by atoms with E-state index >= 15 is 0 Å². The Hall–Kier alpha value is -3.46. The number of hydrogen-bond donors (Lipinski definition) is 0. The monoisotopic (exact) mass is 473 g/mol. The van der Waals surface area contributed by atoms with Crippen molar-refractivity contribution in [3.8, 4) is 22.5 Å². The number of benzene rings is 1. The van der Waals surface area contributed by atoms with Crippen molar-refractivity contribution in [2.45, 2.75) is 25.9 Å². The molecule has 0 unspecified atom stereocenters. The number of hydrogen-bond acceptors (Lipinski definition) is 4. The predicted octanol–water partition coefficient (Wildman–Crippen LogP) is 5.81. The number of nitrogens with zero attached hydrogens (tertiary/aromatic N) is 5. The molecule has 0 aliphatic heterocycles. The average molecular weight is 474 g/mol. The minimum Gasteiger partial charge on any atom is -0.289 e. The van der Waals surface area contributed by atoms with Crippen molar-refractivity contribution < 1.29 is 18.0 Å². The number of amides is 1. The Morgan fingerprint density at radius 2 is 1.91 bits per heavy atom. The molecule has 0 saturated heterocycles. The maximum Gasteiger partial charge on any atom is 0.471 e. The second-order valence-corrected chi connectivity index (χ2v) is 7.76. The van der Waals surface area contributed by atoms with Crippen LogP contribution in [-0.2, 0) is 4.79 Å². The van der Waals surface area contributed by atoms with E-state index in [0.717, 1.165) is 5.56 Å². The van der Waals surface area contributed by atoms with Crippen molar-refractivity contribution in [1.82, 2.24) is 19.6 Å². The Bertz CT molecular complexity index is 1300. The molecule has 0 atom stereocenters. The van der Waals surface area contributed by atoms with Crippen LogP contribution in [0.25, 0.3) is 28.2 Å². The van der Waals surface area contributed by atoms with Crippen molar-refractivity contribution >= 4 is 29.0 Å². The third-order valence-electron chi connectivity index (χ3n) is 5.01. The molecule has 0 N–H and O–H groups in total. The van der Waals surface area contributed by atoms with Crippen molar-refractivity contribution in [2.24, 2.45) is 0 Å². The van der Waals surface area contributed by atoms with E-state index in [1.807, 2.05) is 13.0 Å². The first-order valence-corrected chi connectivity index (χ1v) is 10.6. The van der Waals surface area contributed by atoms with Gasteiger partial charge in [-0.15, -0.1) is 0 Å². The number of imidazole rings is 1. The Balaban J connectivity index is 1.88. The minimum absolute atomic E-state index is 0.0915. The molecule has 4 rings (SSSR count). The molecule has 1 aromatic carbocycles. The molecule has 0 aliphatic rings. The van der Waals surface area contributed by atoms with Crippen molar-refractivity contribution in [3.05, 3.63) is 65.9 Å². The van der Waals surface area contributed by atoms with Gasteiger partial charge in [0.2, 0.25) is 0 Å². The largest absolute Gasteiger partial charge is 0.471 e. The Labute approximate surface area is 192 Å². The van der Waals surface area contributed by atoms with Gasteiger partial charge in [0.25, 0.3) is 0 Å². The standard InChI is InChI=1S/C23H19ClF3N5O/c1-2-3-12-31(22(33)23(25,26)27)19-14-16(9-11-28-19)21-20(15-6-4-7-17(24)13-15)30-18-8-5-10-29-32(18)21/h4-11,13-14H,2-3,12H2,1H3. The molecular weight excluding hydrogens is 455 g/mol. The highest BCUT2D eigenvalue weighted by Crippen LogP contribution is 2.35. The van der Waals surface area contributed by atoms with Crippen LogP contribution in [-0.4, -0.2) is 38.2 Å². The van der Waals surface area contributed by atoms with Gasteiger partial charge in [0.15, 0.2) is 5.65 Å².